The van der Waals surface area contributed by atoms with Gasteiger partial charge < -0.3 is 10.1 Å². The van der Waals surface area contributed by atoms with Crippen molar-refractivity contribution in [2.45, 2.75) is 13.8 Å². The summed E-state index contributed by atoms with van der Waals surface area (Å²) in [5.41, 5.74) is 0.330. The van der Waals surface area contributed by atoms with Crippen molar-refractivity contribution in [3.8, 4) is 5.75 Å². The van der Waals surface area contributed by atoms with E-state index in [4.69, 9.17) is 4.74 Å². The Bertz CT molecular complexity index is 404. The van der Waals surface area contributed by atoms with Gasteiger partial charge in [0.1, 0.15) is 12.4 Å². The quantitative estimate of drug-likeness (QED) is 0.849. The monoisotopic (exact) mass is 264 g/mol. The van der Waals surface area contributed by atoms with Crippen LogP contribution in [-0.2, 0) is 0 Å². The number of ether oxygens (including phenoxy) is 1. The van der Waals surface area contributed by atoms with Gasteiger partial charge in [-0.1, -0.05) is 43.8 Å². The molecule has 1 aliphatic rings. The van der Waals surface area contributed by atoms with Gasteiger partial charge in [-0.15, -0.1) is 0 Å². The number of rotatable bonds is 4. The lowest BCUT2D eigenvalue weighted by atomic mass is 9.97. The highest BCUT2D eigenvalue weighted by Gasteiger charge is 2.22. The molecule has 1 N–H and O–H groups in total. The van der Waals surface area contributed by atoms with Crippen LogP contribution in [0.1, 0.15) is 13.8 Å². The van der Waals surface area contributed by atoms with Crippen LogP contribution in [0.4, 0.5) is 0 Å². The molecule has 1 heterocycles. The van der Waals surface area contributed by atoms with E-state index in [1.54, 1.807) is 11.8 Å². The minimum Gasteiger partial charge on any atom is -0.492 e. The molecule has 0 unspecified atom stereocenters. The molecule has 0 saturated carbocycles. The topological polar surface area (TPSA) is 33.6 Å². The van der Waals surface area contributed by atoms with E-state index in [1.165, 1.54) is 0 Å². The van der Waals surface area contributed by atoms with Crippen molar-refractivity contribution in [3.63, 3.8) is 0 Å². The molecule has 0 aliphatic carbocycles. The van der Waals surface area contributed by atoms with Crippen molar-refractivity contribution in [1.82, 2.24) is 5.32 Å². The molecule has 0 spiro atoms. The van der Waals surface area contributed by atoms with Gasteiger partial charge in [-0.25, -0.2) is 0 Å². The predicted molar refractivity (Wildman–Crippen MR) is 78.5 cm³/mol. The highest BCUT2D eigenvalue weighted by atomic mass is 32.2. The highest BCUT2D eigenvalue weighted by molar-refractivity contribution is 8.13. The molecule has 0 atom stereocenters. The van der Waals surface area contributed by atoms with Gasteiger partial charge in [0.05, 0.1) is 6.54 Å². The Morgan fingerprint density at radius 3 is 2.78 bits per heavy atom. The summed E-state index contributed by atoms with van der Waals surface area (Å²) in [7, 11) is 0. The van der Waals surface area contributed by atoms with Gasteiger partial charge in [-0.05, 0) is 17.5 Å². The second-order valence-corrected chi connectivity index (χ2v) is 6.13. The van der Waals surface area contributed by atoms with Crippen molar-refractivity contribution >= 4 is 16.9 Å². The van der Waals surface area contributed by atoms with E-state index in [-0.39, 0.29) is 0 Å². The van der Waals surface area contributed by atoms with Gasteiger partial charge in [-0.2, -0.15) is 0 Å². The van der Waals surface area contributed by atoms with Gasteiger partial charge in [0.25, 0.3) is 0 Å². The van der Waals surface area contributed by atoms with Crippen LogP contribution in [0.15, 0.2) is 35.3 Å². The minimum absolute atomic E-state index is 0.330. The van der Waals surface area contributed by atoms with E-state index in [2.05, 4.69) is 24.2 Å². The van der Waals surface area contributed by atoms with Crippen molar-refractivity contribution in [2.75, 3.05) is 25.4 Å². The Morgan fingerprint density at radius 2 is 2.11 bits per heavy atom. The number of amidine groups is 1. The van der Waals surface area contributed by atoms with Crippen molar-refractivity contribution in [1.29, 1.82) is 0 Å². The average molecular weight is 264 g/mol. The molecule has 0 amide bonds. The van der Waals surface area contributed by atoms with Crippen LogP contribution in [0.2, 0.25) is 0 Å². The van der Waals surface area contributed by atoms with Gasteiger partial charge in [0, 0.05) is 12.3 Å². The number of benzene rings is 1. The van der Waals surface area contributed by atoms with Crippen LogP contribution in [0.25, 0.3) is 0 Å². The maximum atomic E-state index is 5.61. The van der Waals surface area contributed by atoms with Crippen LogP contribution in [-0.4, -0.2) is 30.6 Å². The maximum Gasteiger partial charge on any atom is 0.156 e. The van der Waals surface area contributed by atoms with Crippen molar-refractivity contribution in [3.05, 3.63) is 30.3 Å². The average Bonchev–Trinajstić information content (AvgIpc) is 2.37. The molecule has 0 saturated heterocycles. The molecule has 2 rings (SSSR count). The number of nitrogens with zero attached hydrogens (tertiary/aromatic N) is 1. The third-order valence-electron chi connectivity index (χ3n) is 2.64. The Balaban J connectivity index is 1.66. The molecule has 98 valence electrons. The van der Waals surface area contributed by atoms with E-state index in [0.717, 1.165) is 29.8 Å². The predicted octanol–water partition coefficient (Wildman–Crippen LogP) is 2.78. The Morgan fingerprint density at radius 1 is 1.33 bits per heavy atom. The largest absolute Gasteiger partial charge is 0.492 e. The molecule has 1 aliphatic heterocycles. The highest BCUT2D eigenvalue weighted by Crippen LogP contribution is 2.26. The summed E-state index contributed by atoms with van der Waals surface area (Å²) in [5, 5.41) is 4.36. The van der Waals surface area contributed by atoms with E-state index in [0.29, 0.717) is 12.0 Å². The molecule has 3 nitrogen and oxygen atoms in total. The first-order chi connectivity index (χ1) is 8.66. The fraction of sp³-hybridized carbons (Fsp3) is 0.500. The smallest absolute Gasteiger partial charge is 0.156 e. The third-order valence-corrected chi connectivity index (χ3v) is 4.11. The first kappa shape index (κ1) is 13.3. The van der Waals surface area contributed by atoms with Gasteiger partial charge in [0.2, 0.25) is 0 Å². The molecule has 0 radical (unpaired) electrons. The zero-order valence-corrected chi connectivity index (χ0v) is 11.8. The third kappa shape index (κ3) is 4.26. The molecular weight excluding hydrogens is 244 g/mol. The van der Waals surface area contributed by atoms with Gasteiger partial charge in [-0.3, -0.25) is 4.99 Å². The maximum absolute atomic E-state index is 5.61. The minimum atomic E-state index is 0.330. The van der Waals surface area contributed by atoms with E-state index in [1.807, 2.05) is 30.3 Å². The molecule has 0 bridgehead atoms. The summed E-state index contributed by atoms with van der Waals surface area (Å²) in [4.78, 5) is 4.54. The van der Waals surface area contributed by atoms with Crippen molar-refractivity contribution < 1.29 is 4.74 Å². The normalized spacial score (nSPS) is 18.0. The molecule has 1 aromatic carbocycles. The summed E-state index contributed by atoms with van der Waals surface area (Å²) in [6.07, 6.45) is 0. The second kappa shape index (κ2) is 6.14. The summed E-state index contributed by atoms with van der Waals surface area (Å²) in [5.74, 6) is 2.04. The first-order valence-electron chi connectivity index (χ1n) is 6.25. The number of aliphatic imine (C=N–C) groups is 1. The van der Waals surface area contributed by atoms with Crippen LogP contribution in [0.3, 0.4) is 0 Å². The molecular formula is C14H20N2OS. The number of hydrogen-bond acceptors (Lipinski definition) is 4. The van der Waals surface area contributed by atoms with Gasteiger partial charge in [0.15, 0.2) is 5.17 Å². The lowest BCUT2D eigenvalue weighted by Gasteiger charge is -2.27. The second-order valence-electron chi connectivity index (χ2n) is 5.16. The molecule has 4 heteroatoms. The summed E-state index contributed by atoms with van der Waals surface area (Å²) in [6, 6.07) is 9.88. The molecule has 1 aromatic rings. The molecule has 0 fully saturated rings. The fourth-order valence-corrected chi connectivity index (χ4v) is 2.57. The molecule has 18 heavy (non-hydrogen) atoms. The molecule has 0 aromatic heterocycles. The fourth-order valence-electron chi connectivity index (χ4n) is 1.59. The lowest BCUT2D eigenvalue weighted by molar-refractivity contribution is 0.322. The SMILES string of the molecule is CC1(C)CN=C(NCCOc2ccccc2)SC1. The number of nitrogens with one attached hydrogen (secondary N) is 1. The van der Waals surface area contributed by atoms with E-state index < -0.39 is 0 Å². The lowest BCUT2D eigenvalue weighted by Crippen LogP contribution is -2.33. The van der Waals surface area contributed by atoms with Gasteiger partial charge >= 0.3 is 0 Å². The zero-order valence-electron chi connectivity index (χ0n) is 11.0. The van der Waals surface area contributed by atoms with Crippen LogP contribution < -0.4 is 10.1 Å². The zero-order chi connectivity index (χ0) is 12.8. The summed E-state index contributed by atoms with van der Waals surface area (Å²) >= 11 is 1.80. The Kier molecular flexibility index (Phi) is 4.53. The number of thioether (sulfide) groups is 1. The Labute approximate surface area is 113 Å². The standard InChI is InChI=1S/C14H20N2OS/c1-14(2)10-16-13(18-11-14)15-8-9-17-12-6-4-3-5-7-12/h3-7H,8-11H2,1-2H3,(H,15,16). The van der Waals surface area contributed by atoms with E-state index >= 15 is 0 Å². The number of hydrogen-bond donors (Lipinski definition) is 1. The number of para-hydroxylation sites is 1. The van der Waals surface area contributed by atoms with E-state index in [9.17, 15) is 0 Å². The van der Waals surface area contributed by atoms with Crippen LogP contribution >= 0.6 is 11.8 Å². The Hall–Kier alpha value is -1.16. The first-order valence-corrected chi connectivity index (χ1v) is 7.23. The van der Waals surface area contributed by atoms with Crippen LogP contribution in [0.5, 0.6) is 5.75 Å². The summed E-state index contributed by atoms with van der Waals surface area (Å²) in [6.45, 7) is 6.85. The van der Waals surface area contributed by atoms with Crippen LogP contribution in [0, 0.1) is 5.41 Å². The van der Waals surface area contributed by atoms with Crippen molar-refractivity contribution in [2.24, 2.45) is 10.4 Å². The summed E-state index contributed by atoms with van der Waals surface area (Å²) < 4.78 is 5.61.